The summed E-state index contributed by atoms with van der Waals surface area (Å²) in [5.41, 5.74) is 1.18. The third kappa shape index (κ3) is 6.95. The molecule has 1 heterocycles. The van der Waals surface area contributed by atoms with Crippen molar-refractivity contribution in [3.63, 3.8) is 0 Å². The van der Waals surface area contributed by atoms with Crippen molar-refractivity contribution in [2.75, 3.05) is 13.7 Å². The van der Waals surface area contributed by atoms with E-state index in [-0.39, 0.29) is 37.1 Å². The van der Waals surface area contributed by atoms with Gasteiger partial charge in [-0.15, -0.1) is 0 Å². The number of nitrogens with zero attached hydrogens (tertiary/aromatic N) is 1. The summed E-state index contributed by atoms with van der Waals surface area (Å²) in [6.45, 7) is 7.70. The number of hydrogen-bond donors (Lipinski definition) is 2. The molecule has 0 aliphatic rings. The number of pyridine rings is 1. The van der Waals surface area contributed by atoms with Crippen LogP contribution in [-0.2, 0) is 11.3 Å². The predicted octanol–water partition coefficient (Wildman–Crippen LogP) is 2.71. The molecule has 30 heavy (non-hydrogen) atoms. The summed E-state index contributed by atoms with van der Waals surface area (Å²) in [5, 5.41) is 5.60. The zero-order valence-electron chi connectivity index (χ0n) is 18.0. The lowest BCUT2D eigenvalue weighted by molar-refractivity contribution is -0.123. The van der Waals surface area contributed by atoms with Gasteiger partial charge in [-0.3, -0.25) is 9.59 Å². The van der Waals surface area contributed by atoms with Gasteiger partial charge in [-0.1, -0.05) is 6.07 Å². The fourth-order valence-electron chi connectivity index (χ4n) is 2.60. The van der Waals surface area contributed by atoms with Crippen LogP contribution in [0.3, 0.4) is 0 Å². The van der Waals surface area contributed by atoms with Crippen LogP contribution in [0.5, 0.6) is 17.4 Å². The van der Waals surface area contributed by atoms with Crippen molar-refractivity contribution >= 4 is 11.8 Å². The molecule has 2 rings (SSSR count). The molecule has 2 amide bonds. The third-order valence-electron chi connectivity index (χ3n) is 3.87. The maximum Gasteiger partial charge on any atom is 0.258 e. The summed E-state index contributed by atoms with van der Waals surface area (Å²) in [6.07, 6.45) is 1.63. The van der Waals surface area contributed by atoms with Gasteiger partial charge in [0.2, 0.25) is 5.88 Å². The lowest BCUT2D eigenvalue weighted by atomic mass is 10.1. The van der Waals surface area contributed by atoms with Gasteiger partial charge in [-0.05, 0) is 52.0 Å². The number of ether oxygens (including phenoxy) is 3. The lowest BCUT2D eigenvalue weighted by Crippen LogP contribution is -2.34. The van der Waals surface area contributed by atoms with Crippen molar-refractivity contribution in [3.8, 4) is 17.4 Å². The topological polar surface area (TPSA) is 98.8 Å². The summed E-state index contributed by atoms with van der Waals surface area (Å²) in [7, 11) is 1.48. The maximum absolute atomic E-state index is 12.6. The Kier molecular flexibility index (Phi) is 8.46. The van der Waals surface area contributed by atoms with Crippen molar-refractivity contribution in [1.82, 2.24) is 15.6 Å². The van der Waals surface area contributed by atoms with Crippen molar-refractivity contribution in [3.05, 3.63) is 47.7 Å². The van der Waals surface area contributed by atoms with E-state index < -0.39 is 0 Å². The van der Waals surface area contributed by atoms with Crippen molar-refractivity contribution < 1.29 is 23.8 Å². The number of aromatic nitrogens is 1. The highest BCUT2D eigenvalue weighted by atomic mass is 16.5. The second-order valence-corrected chi connectivity index (χ2v) is 7.19. The number of hydrogen-bond acceptors (Lipinski definition) is 6. The number of carbonyl (C=O) groups excluding carboxylic acids is 2. The average molecular weight is 415 g/mol. The lowest BCUT2D eigenvalue weighted by Gasteiger charge is -2.14. The van der Waals surface area contributed by atoms with Crippen molar-refractivity contribution in [1.29, 1.82) is 0 Å². The van der Waals surface area contributed by atoms with E-state index in [0.29, 0.717) is 22.9 Å². The number of benzene rings is 1. The zero-order valence-corrected chi connectivity index (χ0v) is 18.0. The summed E-state index contributed by atoms with van der Waals surface area (Å²) in [4.78, 5) is 28.6. The van der Waals surface area contributed by atoms with Gasteiger partial charge in [0.1, 0.15) is 0 Å². The van der Waals surface area contributed by atoms with Gasteiger partial charge in [-0.2, -0.15) is 0 Å². The van der Waals surface area contributed by atoms with Crippen LogP contribution in [0, 0.1) is 0 Å². The molecular formula is C22H29N3O5. The normalized spacial score (nSPS) is 10.6. The van der Waals surface area contributed by atoms with Crippen molar-refractivity contribution in [2.24, 2.45) is 0 Å². The largest absolute Gasteiger partial charge is 0.493 e. The molecule has 2 N–H and O–H groups in total. The minimum atomic E-state index is -0.281. The summed E-state index contributed by atoms with van der Waals surface area (Å²) in [5.74, 6) is 0.730. The van der Waals surface area contributed by atoms with E-state index in [2.05, 4.69) is 15.6 Å². The van der Waals surface area contributed by atoms with Gasteiger partial charge in [-0.25, -0.2) is 4.98 Å². The van der Waals surface area contributed by atoms with Gasteiger partial charge in [0, 0.05) is 29.9 Å². The number of nitrogens with one attached hydrogen (secondary N) is 2. The fraction of sp³-hybridized carbons (Fsp3) is 0.409. The standard InChI is InChI=1S/C22H29N3O5/c1-14(2)25-20(26)13-29-18-9-8-16(11-19(18)28-5)21(27)24-12-17-7-6-10-23-22(17)30-15(3)4/h6-11,14-15H,12-13H2,1-5H3,(H,24,27)(H,25,26). The number of methoxy groups -OCH3 is 1. The molecule has 0 radical (unpaired) electrons. The number of rotatable bonds is 10. The van der Waals surface area contributed by atoms with Gasteiger partial charge in [0.25, 0.3) is 11.8 Å². The molecule has 0 bridgehead atoms. The van der Waals surface area contributed by atoms with Crippen LogP contribution in [-0.4, -0.2) is 42.7 Å². The molecular weight excluding hydrogens is 386 g/mol. The van der Waals surface area contributed by atoms with E-state index in [1.165, 1.54) is 7.11 Å². The second-order valence-electron chi connectivity index (χ2n) is 7.19. The van der Waals surface area contributed by atoms with E-state index in [4.69, 9.17) is 14.2 Å². The van der Waals surface area contributed by atoms with Crippen LogP contribution in [0.15, 0.2) is 36.5 Å². The second kappa shape index (κ2) is 11.0. The van der Waals surface area contributed by atoms with E-state index in [1.54, 1.807) is 30.5 Å². The first-order valence-electron chi connectivity index (χ1n) is 9.79. The molecule has 0 spiro atoms. The van der Waals surface area contributed by atoms with Gasteiger partial charge < -0.3 is 24.8 Å². The van der Waals surface area contributed by atoms with Crippen LogP contribution in [0.2, 0.25) is 0 Å². The highest BCUT2D eigenvalue weighted by Crippen LogP contribution is 2.28. The van der Waals surface area contributed by atoms with Crippen LogP contribution >= 0.6 is 0 Å². The molecule has 0 fully saturated rings. The minimum absolute atomic E-state index is 0.0197. The fourth-order valence-corrected chi connectivity index (χ4v) is 2.60. The monoisotopic (exact) mass is 415 g/mol. The molecule has 0 aliphatic heterocycles. The number of carbonyl (C=O) groups is 2. The first-order valence-corrected chi connectivity index (χ1v) is 9.79. The summed E-state index contributed by atoms with van der Waals surface area (Å²) >= 11 is 0. The van der Waals surface area contributed by atoms with Gasteiger partial charge in [0.05, 0.1) is 13.2 Å². The summed E-state index contributed by atoms with van der Waals surface area (Å²) in [6, 6.07) is 8.46. The highest BCUT2D eigenvalue weighted by Gasteiger charge is 2.14. The van der Waals surface area contributed by atoms with E-state index in [0.717, 1.165) is 5.56 Å². The first kappa shape index (κ1) is 23.0. The van der Waals surface area contributed by atoms with Crippen LogP contribution in [0.1, 0.15) is 43.6 Å². The van der Waals surface area contributed by atoms with Gasteiger partial charge in [0.15, 0.2) is 18.1 Å². The Morgan fingerprint density at radius 2 is 1.87 bits per heavy atom. The van der Waals surface area contributed by atoms with E-state index in [9.17, 15) is 9.59 Å². The molecule has 2 aromatic rings. The molecule has 0 saturated heterocycles. The molecule has 0 aliphatic carbocycles. The Labute approximate surface area is 176 Å². The van der Waals surface area contributed by atoms with Gasteiger partial charge >= 0.3 is 0 Å². The van der Waals surface area contributed by atoms with Crippen LogP contribution in [0.25, 0.3) is 0 Å². The van der Waals surface area contributed by atoms with Crippen molar-refractivity contribution in [2.45, 2.75) is 46.4 Å². The maximum atomic E-state index is 12.6. The third-order valence-corrected chi connectivity index (χ3v) is 3.87. The smallest absolute Gasteiger partial charge is 0.258 e. The predicted molar refractivity (Wildman–Crippen MR) is 113 cm³/mol. The van der Waals surface area contributed by atoms with Crippen LogP contribution < -0.4 is 24.8 Å². The summed E-state index contributed by atoms with van der Waals surface area (Å²) < 4.78 is 16.5. The molecule has 1 aromatic heterocycles. The Balaban J connectivity index is 2.02. The minimum Gasteiger partial charge on any atom is -0.493 e. The molecule has 0 unspecified atom stereocenters. The molecule has 8 nitrogen and oxygen atoms in total. The molecule has 8 heteroatoms. The van der Waals surface area contributed by atoms with E-state index in [1.807, 2.05) is 33.8 Å². The first-order chi connectivity index (χ1) is 14.3. The molecule has 0 saturated carbocycles. The average Bonchev–Trinajstić information content (AvgIpc) is 2.70. The number of amides is 2. The Hall–Kier alpha value is -3.29. The van der Waals surface area contributed by atoms with E-state index >= 15 is 0 Å². The van der Waals surface area contributed by atoms with Crippen LogP contribution in [0.4, 0.5) is 0 Å². The SMILES string of the molecule is COc1cc(C(=O)NCc2cccnc2OC(C)C)ccc1OCC(=O)NC(C)C. The zero-order chi connectivity index (χ0) is 22.1. The Bertz CT molecular complexity index is 868. The Morgan fingerprint density at radius 1 is 1.10 bits per heavy atom. The highest BCUT2D eigenvalue weighted by molar-refractivity contribution is 5.94. The quantitative estimate of drug-likeness (QED) is 0.619. The molecule has 162 valence electrons. The Morgan fingerprint density at radius 3 is 2.53 bits per heavy atom. The molecule has 0 atom stereocenters. The molecule has 1 aromatic carbocycles.